The molecule has 1 aromatic heterocycles. The summed E-state index contributed by atoms with van der Waals surface area (Å²) in [6.45, 7) is 9.80. The number of ether oxygens (including phenoxy) is 1. The summed E-state index contributed by atoms with van der Waals surface area (Å²) in [7, 11) is 0. The number of morpholine rings is 1. The quantitative estimate of drug-likeness (QED) is 0.700. The summed E-state index contributed by atoms with van der Waals surface area (Å²) in [6.07, 6.45) is 0. The zero-order valence-corrected chi connectivity index (χ0v) is 17.7. The van der Waals surface area contributed by atoms with Gasteiger partial charge < -0.3 is 10.1 Å². The zero-order chi connectivity index (χ0) is 19.8. The van der Waals surface area contributed by atoms with Crippen molar-refractivity contribution in [3.63, 3.8) is 0 Å². The van der Waals surface area contributed by atoms with Crippen LogP contribution in [0.15, 0.2) is 47.8 Å². The topological polar surface area (TPSA) is 44.8 Å². The number of carbonyl (C=O) groups is 1. The molecule has 2 aromatic rings. The van der Waals surface area contributed by atoms with Crippen LogP contribution in [0.2, 0.25) is 0 Å². The number of benzene rings is 1. The Bertz CT molecular complexity index is 698. The predicted octanol–water partition coefficient (Wildman–Crippen LogP) is 3.32. The molecule has 6 heteroatoms. The van der Waals surface area contributed by atoms with Crippen LogP contribution in [0.5, 0.6) is 0 Å². The van der Waals surface area contributed by atoms with Crippen LogP contribution in [-0.4, -0.2) is 61.6 Å². The van der Waals surface area contributed by atoms with Gasteiger partial charge in [0, 0.05) is 24.5 Å². The standard InChI is InChI=1S/C22H31N3O2S/c1-3-24(4-2)21(18-9-6-5-7-10-18)22(26)23-17-19(20-11-8-16-28-20)25-12-14-27-15-13-25/h5-11,16,19,21H,3-4,12-15,17H2,1-2H3,(H,23,26). The van der Waals surface area contributed by atoms with Gasteiger partial charge in [-0.1, -0.05) is 50.2 Å². The van der Waals surface area contributed by atoms with E-state index in [2.05, 4.69) is 46.5 Å². The molecule has 1 amide bonds. The van der Waals surface area contributed by atoms with Crippen LogP contribution in [0.3, 0.4) is 0 Å². The fraction of sp³-hybridized carbons (Fsp3) is 0.500. The third kappa shape index (κ3) is 5.20. The van der Waals surface area contributed by atoms with Gasteiger partial charge in [0.1, 0.15) is 6.04 Å². The van der Waals surface area contributed by atoms with E-state index in [9.17, 15) is 4.79 Å². The molecule has 0 saturated carbocycles. The van der Waals surface area contributed by atoms with Crippen LogP contribution in [0.4, 0.5) is 0 Å². The number of likely N-dealkylation sites (N-methyl/N-ethyl adjacent to an activating group) is 1. The third-order valence-electron chi connectivity index (χ3n) is 5.37. The van der Waals surface area contributed by atoms with E-state index in [0.29, 0.717) is 6.54 Å². The first-order valence-corrected chi connectivity index (χ1v) is 11.0. The van der Waals surface area contributed by atoms with E-state index in [0.717, 1.165) is 45.0 Å². The van der Waals surface area contributed by atoms with Gasteiger partial charge in [-0.15, -0.1) is 11.3 Å². The van der Waals surface area contributed by atoms with E-state index >= 15 is 0 Å². The number of hydrogen-bond donors (Lipinski definition) is 1. The van der Waals surface area contributed by atoms with Crippen molar-refractivity contribution in [1.82, 2.24) is 15.1 Å². The molecule has 0 spiro atoms. The summed E-state index contributed by atoms with van der Waals surface area (Å²) in [4.78, 5) is 19.2. The lowest BCUT2D eigenvalue weighted by Gasteiger charge is -2.35. The lowest BCUT2D eigenvalue weighted by Crippen LogP contribution is -2.46. The van der Waals surface area contributed by atoms with Crippen molar-refractivity contribution in [3.05, 3.63) is 58.3 Å². The molecule has 1 aromatic carbocycles. The molecule has 1 aliphatic heterocycles. The highest BCUT2D eigenvalue weighted by atomic mass is 32.1. The van der Waals surface area contributed by atoms with Gasteiger partial charge in [-0.25, -0.2) is 0 Å². The molecular formula is C22H31N3O2S. The minimum Gasteiger partial charge on any atom is -0.379 e. The maximum Gasteiger partial charge on any atom is 0.242 e. The highest BCUT2D eigenvalue weighted by Crippen LogP contribution is 2.26. The van der Waals surface area contributed by atoms with Crippen LogP contribution < -0.4 is 5.32 Å². The maximum atomic E-state index is 13.3. The minimum absolute atomic E-state index is 0.0738. The second kappa shape index (κ2) is 10.7. The summed E-state index contributed by atoms with van der Waals surface area (Å²) in [5.41, 5.74) is 1.04. The average Bonchev–Trinajstić information content (AvgIpc) is 3.28. The lowest BCUT2D eigenvalue weighted by molar-refractivity contribution is -0.127. The number of amides is 1. The SMILES string of the molecule is CCN(CC)C(C(=O)NCC(c1cccs1)N1CCOCC1)c1ccccc1. The zero-order valence-electron chi connectivity index (χ0n) is 16.8. The Morgan fingerprint density at radius 2 is 1.86 bits per heavy atom. The van der Waals surface area contributed by atoms with Crippen molar-refractivity contribution in [2.75, 3.05) is 45.9 Å². The first-order chi connectivity index (χ1) is 13.7. The molecule has 2 atom stereocenters. The van der Waals surface area contributed by atoms with Crippen LogP contribution in [0.1, 0.15) is 36.4 Å². The Morgan fingerprint density at radius 3 is 2.46 bits per heavy atom. The average molecular weight is 402 g/mol. The van der Waals surface area contributed by atoms with Gasteiger partial charge >= 0.3 is 0 Å². The molecule has 1 N–H and O–H groups in total. The molecule has 1 saturated heterocycles. The molecule has 0 bridgehead atoms. The van der Waals surface area contributed by atoms with Crippen LogP contribution >= 0.6 is 11.3 Å². The molecular weight excluding hydrogens is 370 g/mol. The smallest absolute Gasteiger partial charge is 0.242 e. The fourth-order valence-electron chi connectivity index (χ4n) is 3.83. The lowest BCUT2D eigenvalue weighted by atomic mass is 10.0. The molecule has 0 aliphatic carbocycles. The van der Waals surface area contributed by atoms with Gasteiger partial charge in [-0.05, 0) is 30.1 Å². The second-order valence-corrected chi connectivity index (χ2v) is 7.94. The summed E-state index contributed by atoms with van der Waals surface area (Å²) in [6, 6.07) is 14.3. The highest BCUT2D eigenvalue weighted by Gasteiger charge is 2.28. The van der Waals surface area contributed by atoms with E-state index in [1.807, 2.05) is 30.3 Å². The normalized spacial score (nSPS) is 17.4. The van der Waals surface area contributed by atoms with E-state index in [4.69, 9.17) is 4.74 Å². The van der Waals surface area contributed by atoms with Crippen LogP contribution in [0, 0.1) is 0 Å². The Kier molecular flexibility index (Phi) is 8.03. The monoisotopic (exact) mass is 401 g/mol. The number of hydrogen-bond acceptors (Lipinski definition) is 5. The van der Waals surface area contributed by atoms with Gasteiger partial charge in [-0.3, -0.25) is 14.6 Å². The minimum atomic E-state index is -0.259. The van der Waals surface area contributed by atoms with Crippen LogP contribution in [0.25, 0.3) is 0 Å². The molecule has 5 nitrogen and oxygen atoms in total. The maximum absolute atomic E-state index is 13.3. The summed E-state index contributed by atoms with van der Waals surface area (Å²) >= 11 is 1.75. The highest BCUT2D eigenvalue weighted by molar-refractivity contribution is 7.10. The van der Waals surface area contributed by atoms with Gasteiger partial charge in [0.2, 0.25) is 5.91 Å². The van der Waals surface area contributed by atoms with E-state index < -0.39 is 0 Å². The van der Waals surface area contributed by atoms with E-state index in [1.54, 1.807) is 11.3 Å². The Morgan fingerprint density at radius 1 is 1.14 bits per heavy atom. The van der Waals surface area contributed by atoms with E-state index in [-0.39, 0.29) is 18.0 Å². The summed E-state index contributed by atoms with van der Waals surface area (Å²) < 4.78 is 5.52. The first-order valence-electron chi connectivity index (χ1n) is 10.2. The summed E-state index contributed by atoms with van der Waals surface area (Å²) in [5, 5.41) is 5.36. The molecule has 2 heterocycles. The molecule has 2 unspecified atom stereocenters. The number of carbonyl (C=O) groups excluding carboxylic acids is 1. The fourth-order valence-corrected chi connectivity index (χ4v) is 4.69. The number of thiophene rings is 1. The van der Waals surface area contributed by atoms with E-state index in [1.165, 1.54) is 4.88 Å². The van der Waals surface area contributed by atoms with Gasteiger partial charge in [0.15, 0.2) is 0 Å². The molecule has 28 heavy (non-hydrogen) atoms. The number of rotatable bonds is 9. The molecule has 3 rings (SSSR count). The Hall–Kier alpha value is -1.73. The third-order valence-corrected chi connectivity index (χ3v) is 6.34. The van der Waals surface area contributed by atoms with Crippen molar-refractivity contribution < 1.29 is 9.53 Å². The Labute approximate surface area is 172 Å². The van der Waals surface area contributed by atoms with Crippen molar-refractivity contribution >= 4 is 17.2 Å². The van der Waals surface area contributed by atoms with Crippen molar-refractivity contribution in [2.24, 2.45) is 0 Å². The summed E-state index contributed by atoms with van der Waals surface area (Å²) in [5.74, 6) is 0.0738. The molecule has 152 valence electrons. The first kappa shape index (κ1) is 21.0. The van der Waals surface area contributed by atoms with Gasteiger partial charge in [-0.2, -0.15) is 0 Å². The predicted molar refractivity (Wildman–Crippen MR) is 115 cm³/mol. The van der Waals surface area contributed by atoms with Gasteiger partial charge in [0.05, 0.1) is 19.3 Å². The van der Waals surface area contributed by atoms with Crippen molar-refractivity contribution in [2.45, 2.75) is 25.9 Å². The molecule has 1 fully saturated rings. The Balaban J connectivity index is 1.74. The van der Waals surface area contributed by atoms with Crippen LogP contribution in [-0.2, 0) is 9.53 Å². The molecule has 1 aliphatic rings. The molecule has 0 radical (unpaired) electrons. The number of nitrogens with zero attached hydrogens (tertiary/aromatic N) is 2. The number of nitrogens with one attached hydrogen (secondary N) is 1. The van der Waals surface area contributed by atoms with Crippen molar-refractivity contribution in [1.29, 1.82) is 0 Å². The van der Waals surface area contributed by atoms with Crippen molar-refractivity contribution in [3.8, 4) is 0 Å². The van der Waals surface area contributed by atoms with Gasteiger partial charge in [0.25, 0.3) is 0 Å². The largest absolute Gasteiger partial charge is 0.379 e. The second-order valence-electron chi connectivity index (χ2n) is 6.96.